The molecule has 0 heterocycles. The summed E-state index contributed by atoms with van der Waals surface area (Å²) in [5.41, 5.74) is 10.5. The summed E-state index contributed by atoms with van der Waals surface area (Å²) in [7, 11) is 1.85. The molecule has 3 nitrogen and oxygen atoms in total. The number of nitrogens with zero attached hydrogens (tertiary/aromatic N) is 1. The van der Waals surface area contributed by atoms with E-state index in [1.165, 1.54) is 11.1 Å². The smallest absolute Gasteiger partial charge is 0.254 e. The minimum atomic E-state index is 0.0180. The Kier molecular flexibility index (Phi) is 4.86. The number of aryl methyl sites for hydroxylation is 2. The molecule has 0 bridgehead atoms. The fourth-order valence-corrected chi connectivity index (χ4v) is 2.46. The van der Waals surface area contributed by atoms with Gasteiger partial charge in [0.15, 0.2) is 0 Å². The monoisotopic (exact) mass is 296 g/mol. The summed E-state index contributed by atoms with van der Waals surface area (Å²) < 4.78 is 0. The highest BCUT2D eigenvalue weighted by Crippen LogP contribution is 2.17. The Morgan fingerprint density at radius 3 is 2.41 bits per heavy atom. The van der Waals surface area contributed by atoms with E-state index in [2.05, 4.69) is 38.1 Å². The molecule has 0 aliphatic rings. The summed E-state index contributed by atoms with van der Waals surface area (Å²) in [5.74, 6) is 0.0180. The van der Waals surface area contributed by atoms with Crippen molar-refractivity contribution in [3.8, 4) is 0 Å². The van der Waals surface area contributed by atoms with E-state index >= 15 is 0 Å². The Bertz CT molecular complexity index is 662. The molecule has 0 aromatic heterocycles. The first kappa shape index (κ1) is 16.1. The summed E-state index contributed by atoms with van der Waals surface area (Å²) in [5, 5.41) is 0. The Morgan fingerprint density at radius 2 is 1.77 bits per heavy atom. The van der Waals surface area contributed by atoms with Gasteiger partial charge in [-0.1, -0.05) is 35.9 Å². The van der Waals surface area contributed by atoms with E-state index in [1.807, 2.05) is 26.1 Å². The van der Waals surface area contributed by atoms with E-state index in [0.717, 1.165) is 12.0 Å². The lowest BCUT2D eigenvalue weighted by atomic mass is 10.0. The van der Waals surface area contributed by atoms with Crippen LogP contribution in [0.1, 0.15) is 34.0 Å². The van der Waals surface area contributed by atoms with Crippen molar-refractivity contribution in [1.82, 2.24) is 4.90 Å². The molecule has 2 aromatic rings. The summed E-state index contributed by atoms with van der Waals surface area (Å²) in [6, 6.07) is 14.0. The summed E-state index contributed by atoms with van der Waals surface area (Å²) in [6.07, 6.45) is 0.837. The molecule has 22 heavy (non-hydrogen) atoms. The second kappa shape index (κ2) is 6.65. The van der Waals surface area contributed by atoms with E-state index < -0.39 is 0 Å². The second-order valence-corrected chi connectivity index (χ2v) is 6.03. The minimum absolute atomic E-state index is 0.0180. The van der Waals surface area contributed by atoms with Crippen LogP contribution in [0, 0.1) is 13.8 Å². The van der Waals surface area contributed by atoms with Crippen molar-refractivity contribution in [3.63, 3.8) is 0 Å². The fraction of sp³-hybridized carbons (Fsp3) is 0.316. The third-order valence-electron chi connectivity index (χ3n) is 4.13. The van der Waals surface area contributed by atoms with Gasteiger partial charge in [-0.3, -0.25) is 4.79 Å². The number of likely N-dealkylation sites (N-methyl/N-ethyl adjacent to an activating group) is 1. The van der Waals surface area contributed by atoms with E-state index in [-0.39, 0.29) is 11.9 Å². The van der Waals surface area contributed by atoms with Crippen LogP contribution in [0.15, 0.2) is 42.5 Å². The zero-order valence-corrected chi connectivity index (χ0v) is 13.8. The molecule has 2 N–H and O–H groups in total. The highest BCUT2D eigenvalue weighted by molar-refractivity contribution is 5.96. The van der Waals surface area contributed by atoms with Crippen LogP contribution in [0.2, 0.25) is 0 Å². The van der Waals surface area contributed by atoms with Crippen molar-refractivity contribution >= 4 is 11.6 Å². The highest BCUT2D eigenvalue weighted by Gasteiger charge is 2.19. The maximum atomic E-state index is 12.7. The molecule has 0 saturated heterocycles. The van der Waals surface area contributed by atoms with Crippen LogP contribution in [0.4, 0.5) is 5.69 Å². The van der Waals surface area contributed by atoms with E-state index in [1.54, 1.807) is 11.0 Å². The minimum Gasteiger partial charge on any atom is -0.399 e. The van der Waals surface area contributed by atoms with Crippen LogP contribution in [-0.2, 0) is 6.42 Å². The number of carbonyl (C=O) groups excluding carboxylic acids is 1. The molecule has 0 saturated carbocycles. The van der Waals surface area contributed by atoms with E-state index in [4.69, 9.17) is 5.73 Å². The molecule has 2 rings (SSSR count). The van der Waals surface area contributed by atoms with Crippen molar-refractivity contribution in [1.29, 1.82) is 0 Å². The predicted octanol–water partition coefficient (Wildman–Crippen LogP) is 3.59. The first-order valence-electron chi connectivity index (χ1n) is 7.57. The largest absolute Gasteiger partial charge is 0.399 e. The number of hydrogen-bond donors (Lipinski definition) is 1. The average Bonchev–Trinajstić information content (AvgIpc) is 2.50. The van der Waals surface area contributed by atoms with E-state index in [0.29, 0.717) is 11.3 Å². The Balaban J connectivity index is 2.12. The first-order chi connectivity index (χ1) is 10.4. The highest BCUT2D eigenvalue weighted by atomic mass is 16.2. The molecule has 0 aliphatic heterocycles. The number of nitrogen functional groups attached to an aromatic ring is 1. The van der Waals surface area contributed by atoms with Gasteiger partial charge in [-0.15, -0.1) is 0 Å². The Labute approximate surface area is 132 Å². The Morgan fingerprint density at radius 1 is 1.14 bits per heavy atom. The maximum absolute atomic E-state index is 12.7. The predicted molar refractivity (Wildman–Crippen MR) is 92.0 cm³/mol. The SMILES string of the molecule is Cc1ccc(CC(C)N(C)C(=O)c2cc(N)ccc2C)cc1. The molecular weight excluding hydrogens is 272 g/mol. The van der Waals surface area contributed by atoms with Gasteiger partial charge in [0.05, 0.1) is 0 Å². The molecule has 2 aromatic carbocycles. The molecule has 1 atom stereocenters. The van der Waals surface area contributed by atoms with Gasteiger partial charge in [-0.2, -0.15) is 0 Å². The molecule has 0 radical (unpaired) electrons. The van der Waals surface area contributed by atoms with Gasteiger partial charge < -0.3 is 10.6 Å². The van der Waals surface area contributed by atoms with Crippen LogP contribution in [-0.4, -0.2) is 23.9 Å². The van der Waals surface area contributed by atoms with Crippen LogP contribution in [0.3, 0.4) is 0 Å². The third-order valence-corrected chi connectivity index (χ3v) is 4.13. The van der Waals surface area contributed by atoms with Gasteiger partial charge in [0.1, 0.15) is 0 Å². The lowest BCUT2D eigenvalue weighted by Crippen LogP contribution is -2.36. The molecule has 1 unspecified atom stereocenters. The van der Waals surface area contributed by atoms with Gasteiger partial charge in [0.2, 0.25) is 0 Å². The molecule has 116 valence electrons. The number of carbonyl (C=O) groups is 1. The van der Waals surface area contributed by atoms with E-state index in [9.17, 15) is 4.79 Å². The fourth-order valence-electron chi connectivity index (χ4n) is 2.46. The molecule has 0 spiro atoms. The summed E-state index contributed by atoms with van der Waals surface area (Å²) in [4.78, 5) is 14.5. The van der Waals surface area contributed by atoms with Crippen LogP contribution in [0.5, 0.6) is 0 Å². The van der Waals surface area contributed by atoms with Crippen molar-refractivity contribution in [2.45, 2.75) is 33.2 Å². The number of nitrogens with two attached hydrogens (primary N) is 1. The van der Waals surface area contributed by atoms with Crippen molar-refractivity contribution in [2.24, 2.45) is 0 Å². The summed E-state index contributed by atoms with van der Waals surface area (Å²) in [6.45, 7) is 6.08. The van der Waals surface area contributed by atoms with Gasteiger partial charge in [0, 0.05) is 24.3 Å². The van der Waals surface area contributed by atoms with Gasteiger partial charge in [-0.05, 0) is 50.5 Å². The first-order valence-corrected chi connectivity index (χ1v) is 7.57. The number of rotatable bonds is 4. The zero-order valence-electron chi connectivity index (χ0n) is 13.8. The molecule has 1 amide bonds. The average molecular weight is 296 g/mol. The molecule has 0 fully saturated rings. The number of amides is 1. The molecule has 0 aliphatic carbocycles. The number of hydrogen-bond acceptors (Lipinski definition) is 2. The lowest BCUT2D eigenvalue weighted by molar-refractivity contribution is 0.0743. The lowest BCUT2D eigenvalue weighted by Gasteiger charge is -2.26. The van der Waals surface area contributed by atoms with Gasteiger partial charge in [0.25, 0.3) is 5.91 Å². The quantitative estimate of drug-likeness (QED) is 0.876. The molecule has 3 heteroatoms. The normalized spacial score (nSPS) is 12.0. The van der Waals surface area contributed by atoms with Crippen molar-refractivity contribution in [3.05, 3.63) is 64.7 Å². The van der Waals surface area contributed by atoms with Crippen LogP contribution >= 0.6 is 0 Å². The van der Waals surface area contributed by atoms with Crippen molar-refractivity contribution < 1.29 is 4.79 Å². The van der Waals surface area contributed by atoms with Crippen LogP contribution in [0.25, 0.3) is 0 Å². The standard InChI is InChI=1S/C19H24N2O/c1-13-5-8-16(9-6-13)11-15(3)21(4)19(22)18-12-17(20)10-7-14(18)2/h5-10,12,15H,11,20H2,1-4H3. The number of anilines is 1. The molecular formula is C19H24N2O. The third kappa shape index (κ3) is 3.67. The Hall–Kier alpha value is -2.29. The second-order valence-electron chi connectivity index (χ2n) is 6.03. The van der Waals surface area contributed by atoms with Gasteiger partial charge >= 0.3 is 0 Å². The van der Waals surface area contributed by atoms with Crippen LogP contribution < -0.4 is 5.73 Å². The number of benzene rings is 2. The van der Waals surface area contributed by atoms with Crippen molar-refractivity contribution in [2.75, 3.05) is 12.8 Å². The topological polar surface area (TPSA) is 46.3 Å². The summed E-state index contributed by atoms with van der Waals surface area (Å²) >= 11 is 0. The van der Waals surface area contributed by atoms with Gasteiger partial charge in [-0.25, -0.2) is 0 Å². The zero-order chi connectivity index (χ0) is 16.3. The maximum Gasteiger partial charge on any atom is 0.254 e.